The molecule has 134 valence electrons. The van der Waals surface area contributed by atoms with Gasteiger partial charge >= 0.3 is 0 Å². The van der Waals surface area contributed by atoms with Crippen molar-refractivity contribution in [3.63, 3.8) is 0 Å². The minimum atomic E-state index is -0.501. The number of anilines is 1. The summed E-state index contributed by atoms with van der Waals surface area (Å²) in [5.74, 6) is 0.777. The summed E-state index contributed by atoms with van der Waals surface area (Å²) < 4.78 is 5.32. The standard InChI is InChI=1S/C19H14N4O4/c1-11-4-5-12(9-16(11)23(25)26)19(24)20-13-6-7-14-15(10-13)22-18(21-14)17-3-2-8-27-17/h2-10H,1H3,(H,20,24)(H,21,22). The van der Waals surface area contributed by atoms with E-state index in [0.717, 1.165) is 11.0 Å². The first-order valence-electron chi connectivity index (χ1n) is 8.11. The molecule has 1 amide bonds. The predicted molar refractivity (Wildman–Crippen MR) is 99.6 cm³/mol. The van der Waals surface area contributed by atoms with E-state index in [2.05, 4.69) is 15.3 Å². The first-order valence-corrected chi connectivity index (χ1v) is 8.11. The van der Waals surface area contributed by atoms with Crippen LogP contribution in [0.25, 0.3) is 22.6 Å². The van der Waals surface area contributed by atoms with Crippen molar-refractivity contribution in [1.29, 1.82) is 0 Å². The predicted octanol–water partition coefficient (Wildman–Crippen LogP) is 4.29. The normalized spacial score (nSPS) is 10.9. The Hall–Kier alpha value is -3.94. The number of nitrogens with zero attached hydrogens (tertiary/aromatic N) is 2. The Morgan fingerprint density at radius 2 is 2.07 bits per heavy atom. The number of aryl methyl sites for hydroxylation is 1. The first-order chi connectivity index (χ1) is 13.0. The summed E-state index contributed by atoms with van der Waals surface area (Å²) >= 11 is 0. The van der Waals surface area contributed by atoms with Crippen LogP contribution in [0, 0.1) is 17.0 Å². The van der Waals surface area contributed by atoms with Crippen molar-refractivity contribution in [2.75, 3.05) is 5.32 Å². The molecule has 2 aromatic heterocycles. The molecule has 8 heteroatoms. The van der Waals surface area contributed by atoms with Gasteiger partial charge in [-0.3, -0.25) is 14.9 Å². The smallest absolute Gasteiger partial charge is 0.273 e. The molecule has 0 radical (unpaired) electrons. The van der Waals surface area contributed by atoms with Crippen LogP contribution < -0.4 is 5.32 Å². The van der Waals surface area contributed by atoms with Crippen LogP contribution in [0.2, 0.25) is 0 Å². The molecule has 0 bridgehead atoms. The van der Waals surface area contributed by atoms with Crippen LogP contribution in [0.15, 0.2) is 59.2 Å². The molecule has 0 fully saturated rings. The van der Waals surface area contributed by atoms with Gasteiger partial charge in [-0.25, -0.2) is 4.98 Å². The zero-order chi connectivity index (χ0) is 19.0. The molecule has 2 aromatic carbocycles. The number of amides is 1. The number of benzene rings is 2. The minimum Gasteiger partial charge on any atom is -0.461 e. The van der Waals surface area contributed by atoms with E-state index in [9.17, 15) is 14.9 Å². The molecule has 0 atom stereocenters. The van der Waals surface area contributed by atoms with Gasteiger partial charge < -0.3 is 14.7 Å². The van der Waals surface area contributed by atoms with E-state index < -0.39 is 10.8 Å². The van der Waals surface area contributed by atoms with E-state index in [1.807, 2.05) is 0 Å². The fraction of sp³-hybridized carbons (Fsp3) is 0.0526. The number of carbonyl (C=O) groups excluding carboxylic acids is 1. The van der Waals surface area contributed by atoms with Crippen LogP contribution in [0.3, 0.4) is 0 Å². The number of nitro benzene ring substituents is 1. The molecule has 8 nitrogen and oxygen atoms in total. The molecule has 0 aliphatic carbocycles. The Balaban J connectivity index is 1.60. The quantitative estimate of drug-likeness (QED) is 0.415. The molecule has 0 saturated carbocycles. The van der Waals surface area contributed by atoms with Gasteiger partial charge in [-0.1, -0.05) is 6.07 Å². The lowest BCUT2D eigenvalue weighted by Crippen LogP contribution is -2.12. The number of H-pyrrole nitrogens is 1. The second kappa shape index (κ2) is 6.41. The second-order valence-corrected chi connectivity index (χ2v) is 6.01. The summed E-state index contributed by atoms with van der Waals surface area (Å²) in [6.45, 7) is 1.63. The number of carbonyl (C=O) groups is 1. The second-order valence-electron chi connectivity index (χ2n) is 6.01. The van der Waals surface area contributed by atoms with Crippen LogP contribution in [0.4, 0.5) is 11.4 Å². The number of rotatable bonds is 4. The Labute approximate surface area is 153 Å². The average molecular weight is 362 g/mol. The number of nitrogens with one attached hydrogen (secondary N) is 2. The summed E-state index contributed by atoms with van der Waals surface area (Å²) in [7, 11) is 0. The van der Waals surface area contributed by atoms with Gasteiger partial charge in [0, 0.05) is 22.9 Å². The largest absolute Gasteiger partial charge is 0.461 e. The Bertz CT molecular complexity index is 1160. The summed E-state index contributed by atoms with van der Waals surface area (Å²) in [6, 6.07) is 13.2. The van der Waals surface area contributed by atoms with E-state index in [1.165, 1.54) is 6.07 Å². The highest BCUT2D eigenvalue weighted by molar-refractivity contribution is 6.05. The number of furan rings is 1. The van der Waals surface area contributed by atoms with E-state index >= 15 is 0 Å². The third-order valence-corrected chi connectivity index (χ3v) is 4.16. The summed E-state index contributed by atoms with van der Waals surface area (Å²) in [6.07, 6.45) is 1.56. The highest BCUT2D eigenvalue weighted by Crippen LogP contribution is 2.24. The third kappa shape index (κ3) is 3.15. The summed E-state index contributed by atoms with van der Waals surface area (Å²) in [4.78, 5) is 30.6. The molecule has 2 heterocycles. The number of nitro groups is 1. The van der Waals surface area contributed by atoms with Crippen LogP contribution in [0.5, 0.6) is 0 Å². The van der Waals surface area contributed by atoms with Gasteiger partial charge in [0.05, 0.1) is 22.2 Å². The highest BCUT2D eigenvalue weighted by atomic mass is 16.6. The van der Waals surface area contributed by atoms with Crippen molar-refractivity contribution < 1.29 is 14.1 Å². The van der Waals surface area contributed by atoms with Crippen molar-refractivity contribution in [3.8, 4) is 11.6 Å². The molecular weight excluding hydrogens is 348 g/mol. The van der Waals surface area contributed by atoms with Crippen LogP contribution >= 0.6 is 0 Å². The van der Waals surface area contributed by atoms with E-state index in [4.69, 9.17) is 4.42 Å². The van der Waals surface area contributed by atoms with Gasteiger partial charge in [-0.05, 0) is 43.3 Å². The van der Waals surface area contributed by atoms with Crippen LogP contribution in [-0.4, -0.2) is 20.8 Å². The lowest BCUT2D eigenvalue weighted by atomic mass is 10.1. The maximum absolute atomic E-state index is 12.5. The molecule has 0 aliphatic rings. The van der Waals surface area contributed by atoms with Crippen LogP contribution in [0.1, 0.15) is 15.9 Å². The monoisotopic (exact) mass is 362 g/mol. The molecule has 2 N–H and O–H groups in total. The first kappa shape index (κ1) is 16.5. The Morgan fingerprint density at radius 1 is 1.22 bits per heavy atom. The van der Waals surface area contributed by atoms with Crippen molar-refractivity contribution in [1.82, 2.24) is 9.97 Å². The maximum Gasteiger partial charge on any atom is 0.273 e. The lowest BCUT2D eigenvalue weighted by Gasteiger charge is -2.06. The number of hydrogen-bond donors (Lipinski definition) is 2. The van der Waals surface area contributed by atoms with Crippen molar-refractivity contribution in [2.24, 2.45) is 0 Å². The molecule has 27 heavy (non-hydrogen) atoms. The Kier molecular flexibility index (Phi) is 3.92. The number of aromatic amines is 1. The Morgan fingerprint density at radius 3 is 2.81 bits per heavy atom. The van der Waals surface area contributed by atoms with Gasteiger partial charge in [-0.2, -0.15) is 0 Å². The highest BCUT2D eigenvalue weighted by Gasteiger charge is 2.15. The van der Waals surface area contributed by atoms with Crippen LogP contribution in [-0.2, 0) is 0 Å². The number of fused-ring (bicyclic) bond motifs is 1. The van der Waals surface area contributed by atoms with Gasteiger partial charge in [-0.15, -0.1) is 0 Å². The molecular formula is C19H14N4O4. The average Bonchev–Trinajstić information content (AvgIpc) is 3.30. The fourth-order valence-electron chi connectivity index (χ4n) is 2.77. The number of imidazole rings is 1. The van der Waals surface area contributed by atoms with Gasteiger partial charge in [0.1, 0.15) is 0 Å². The zero-order valence-electron chi connectivity index (χ0n) is 14.2. The third-order valence-electron chi connectivity index (χ3n) is 4.16. The molecule has 0 aliphatic heterocycles. The van der Waals surface area contributed by atoms with Crippen molar-refractivity contribution in [2.45, 2.75) is 6.92 Å². The van der Waals surface area contributed by atoms with Gasteiger partial charge in [0.25, 0.3) is 11.6 Å². The lowest BCUT2D eigenvalue weighted by molar-refractivity contribution is -0.385. The van der Waals surface area contributed by atoms with Crippen molar-refractivity contribution >= 4 is 28.3 Å². The van der Waals surface area contributed by atoms with Gasteiger partial charge in [0.15, 0.2) is 11.6 Å². The van der Waals surface area contributed by atoms with Crippen molar-refractivity contribution in [3.05, 3.63) is 76.0 Å². The summed E-state index contributed by atoms with van der Waals surface area (Å²) in [5.41, 5.74) is 2.63. The maximum atomic E-state index is 12.5. The van der Waals surface area contributed by atoms with E-state index in [1.54, 1.807) is 55.7 Å². The summed E-state index contributed by atoms with van der Waals surface area (Å²) in [5, 5.41) is 13.8. The molecule has 0 saturated heterocycles. The molecule has 0 spiro atoms. The molecule has 0 unspecified atom stereocenters. The zero-order valence-corrected chi connectivity index (χ0v) is 14.2. The number of hydrogen-bond acceptors (Lipinski definition) is 5. The SMILES string of the molecule is Cc1ccc(C(=O)Nc2ccc3nc(-c4ccco4)[nH]c3c2)cc1[N+](=O)[O-]. The molecule has 4 rings (SSSR count). The fourth-order valence-corrected chi connectivity index (χ4v) is 2.77. The number of aromatic nitrogens is 2. The minimum absolute atomic E-state index is 0.0882. The van der Waals surface area contributed by atoms with E-state index in [-0.39, 0.29) is 11.3 Å². The van der Waals surface area contributed by atoms with E-state index in [0.29, 0.717) is 22.8 Å². The van der Waals surface area contributed by atoms with Gasteiger partial charge in [0.2, 0.25) is 0 Å². The molecule has 4 aromatic rings. The topological polar surface area (TPSA) is 114 Å².